The highest BCUT2D eigenvalue weighted by molar-refractivity contribution is 5.71. The SMILES string of the molecule is CC/C=C\C/C=C\C/C=C\C/C=C\C/C=C\CCCCCC(=O)OCC(COC(=O)CC/C=C\C/C=C\CCCCCCCC)OC(=O)CCCCCCCCCCCCCCCC. The molecule has 0 fully saturated rings. The van der Waals surface area contributed by atoms with E-state index < -0.39 is 6.10 Å². The molecule has 0 aromatic carbocycles. The molecule has 0 aliphatic heterocycles. The Morgan fingerprint density at radius 3 is 1.06 bits per heavy atom. The van der Waals surface area contributed by atoms with Crippen LogP contribution in [0, 0.1) is 0 Å². The molecule has 0 heterocycles. The molecule has 1 unspecified atom stereocenters. The topological polar surface area (TPSA) is 78.9 Å². The lowest BCUT2D eigenvalue weighted by Gasteiger charge is -2.18. The predicted octanol–water partition coefficient (Wildman–Crippen LogP) is 17.6. The molecular formula is C58H98O6. The second-order valence-corrected chi connectivity index (χ2v) is 17.4. The first-order chi connectivity index (χ1) is 31.5. The standard InChI is InChI=1S/C58H98O6/c1-4-7-10-13-16-19-22-25-27-28-29-30-31-34-36-39-42-45-48-51-57(60)63-54-55(53-62-56(59)50-47-44-41-38-35-32-24-21-18-15-12-9-6-3)64-58(61)52-49-46-43-40-37-33-26-23-20-17-14-11-8-5-2/h7,10,16,19,25,27,29-30,32,34-36,41,44,55H,4-6,8-9,11-15,17-18,20-24,26,28,31,33,37-40,42-43,45-54H2,1-3H3/b10-7-,19-16-,27-25-,30-29-,35-32-,36-34-,44-41-. The highest BCUT2D eigenvalue weighted by Gasteiger charge is 2.19. The summed E-state index contributed by atoms with van der Waals surface area (Å²) in [5, 5.41) is 0. The van der Waals surface area contributed by atoms with E-state index in [1.54, 1.807) is 0 Å². The van der Waals surface area contributed by atoms with Crippen LogP contribution in [0.25, 0.3) is 0 Å². The Bertz CT molecular complexity index is 1250. The zero-order chi connectivity index (χ0) is 46.5. The van der Waals surface area contributed by atoms with E-state index in [1.807, 2.05) is 6.08 Å². The summed E-state index contributed by atoms with van der Waals surface area (Å²) < 4.78 is 16.7. The normalized spacial score (nSPS) is 12.7. The number of esters is 3. The smallest absolute Gasteiger partial charge is 0.306 e. The molecule has 6 heteroatoms. The van der Waals surface area contributed by atoms with Gasteiger partial charge in [-0.25, -0.2) is 0 Å². The number of ether oxygens (including phenoxy) is 3. The van der Waals surface area contributed by atoms with Crippen LogP contribution in [-0.2, 0) is 28.6 Å². The van der Waals surface area contributed by atoms with Gasteiger partial charge in [-0.3, -0.25) is 14.4 Å². The minimum atomic E-state index is -0.810. The summed E-state index contributed by atoms with van der Waals surface area (Å²) in [6.07, 6.45) is 67.2. The minimum absolute atomic E-state index is 0.110. The third-order valence-corrected chi connectivity index (χ3v) is 11.1. The first-order valence-electron chi connectivity index (χ1n) is 26.6. The molecule has 6 nitrogen and oxygen atoms in total. The van der Waals surface area contributed by atoms with E-state index in [-0.39, 0.29) is 37.5 Å². The lowest BCUT2D eigenvalue weighted by molar-refractivity contribution is -0.166. The third kappa shape index (κ3) is 49.6. The van der Waals surface area contributed by atoms with Crippen molar-refractivity contribution in [3.05, 3.63) is 85.1 Å². The van der Waals surface area contributed by atoms with Crippen LogP contribution in [0.1, 0.15) is 245 Å². The average molecular weight is 891 g/mol. The maximum Gasteiger partial charge on any atom is 0.306 e. The number of unbranched alkanes of at least 4 members (excludes halogenated alkanes) is 22. The molecule has 0 aromatic rings. The van der Waals surface area contributed by atoms with Crippen LogP contribution in [0.4, 0.5) is 0 Å². The molecule has 0 saturated carbocycles. The highest BCUT2D eigenvalue weighted by Crippen LogP contribution is 2.15. The Labute approximate surface area is 395 Å². The van der Waals surface area contributed by atoms with Gasteiger partial charge in [-0.2, -0.15) is 0 Å². The fraction of sp³-hybridized carbons (Fsp3) is 0.707. The quantitative estimate of drug-likeness (QED) is 0.0262. The van der Waals surface area contributed by atoms with Crippen LogP contribution in [0.5, 0.6) is 0 Å². The molecule has 366 valence electrons. The van der Waals surface area contributed by atoms with Gasteiger partial charge < -0.3 is 14.2 Å². The van der Waals surface area contributed by atoms with E-state index in [1.165, 1.54) is 109 Å². The van der Waals surface area contributed by atoms with Gasteiger partial charge in [0.1, 0.15) is 13.2 Å². The molecule has 0 N–H and O–H groups in total. The van der Waals surface area contributed by atoms with Crippen molar-refractivity contribution in [1.29, 1.82) is 0 Å². The maximum atomic E-state index is 12.8. The maximum absolute atomic E-state index is 12.8. The van der Waals surface area contributed by atoms with Crippen LogP contribution < -0.4 is 0 Å². The lowest BCUT2D eigenvalue weighted by Crippen LogP contribution is -2.30. The summed E-state index contributed by atoms with van der Waals surface area (Å²) in [6.45, 7) is 6.44. The van der Waals surface area contributed by atoms with Gasteiger partial charge in [0, 0.05) is 19.3 Å². The van der Waals surface area contributed by atoms with E-state index in [0.717, 1.165) is 89.9 Å². The molecule has 0 saturated heterocycles. The lowest BCUT2D eigenvalue weighted by atomic mass is 10.0. The zero-order valence-electron chi connectivity index (χ0n) is 41.8. The summed E-state index contributed by atoms with van der Waals surface area (Å²) in [6, 6.07) is 0. The average Bonchev–Trinajstić information content (AvgIpc) is 3.29. The minimum Gasteiger partial charge on any atom is -0.462 e. The van der Waals surface area contributed by atoms with Crippen LogP contribution in [0.3, 0.4) is 0 Å². The van der Waals surface area contributed by atoms with Crippen molar-refractivity contribution < 1.29 is 28.6 Å². The Balaban J connectivity index is 4.48. The number of carbonyl (C=O) groups is 3. The first kappa shape index (κ1) is 60.6. The van der Waals surface area contributed by atoms with E-state index in [2.05, 4.69) is 99.8 Å². The number of rotatable bonds is 47. The molecule has 0 amide bonds. The second-order valence-electron chi connectivity index (χ2n) is 17.4. The summed E-state index contributed by atoms with van der Waals surface area (Å²) in [4.78, 5) is 38.0. The van der Waals surface area contributed by atoms with Gasteiger partial charge >= 0.3 is 17.9 Å². The molecule has 64 heavy (non-hydrogen) atoms. The predicted molar refractivity (Wildman–Crippen MR) is 274 cm³/mol. The van der Waals surface area contributed by atoms with E-state index in [0.29, 0.717) is 19.3 Å². The van der Waals surface area contributed by atoms with Crippen molar-refractivity contribution in [1.82, 2.24) is 0 Å². The Morgan fingerprint density at radius 1 is 0.328 bits per heavy atom. The Kier molecular flexibility index (Phi) is 49.4. The largest absolute Gasteiger partial charge is 0.462 e. The molecule has 0 aromatic heterocycles. The van der Waals surface area contributed by atoms with Gasteiger partial charge in [-0.05, 0) is 83.5 Å². The molecule has 1 atom stereocenters. The highest BCUT2D eigenvalue weighted by atomic mass is 16.6. The van der Waals surface area contributed by atoms with Crippen molar-refractivity contribution in [2.45, 2.75) is 252 Å². The molecule has 0 aliphatic carbocycles. The fourth-order valence-corrected chi connectivity index (χ4v) is 7.17. The van der Waals surface area contributed by atoms with Crippen molar-refractivity contribution in [3.8, 4) is 0 Å². The number of hydrogen-bond acceptors (Lipinski definition) is 6. The Morgan fingerprint density at radius 2 is 0.641 bits per heavy atom. The Hall–Kier alpha value is -3.41. The van der Waals surface area contributed by atoms with Gasteiger partial charge in [0.05, 0.1) is 0 Å². The molecule has 0 aliphatic rings. The summed E-state index contributed by atoms with van der Waals surface area (Å²) in [5.41, 5.74) is 0. The van der Waals surface area contributed by atoms with Gasteiger partial charge in [0.15, 0.2) is 6.10 Å². The second kappa shape index (κ2) is 52.2. The third-order valence-electron chi connectivity index (χ3n) is 11.1. The van der Waals surface area contributed by atoms with Crippen molar-refractivity contribution >= 4 is 17.9 Å². The molecule has 0 radical (unpaired) electrons. The van der Waals surface area contributed by atoms with Gasteiger partial charge in [-0.15, -0.1) is 0 Å². The van der Waals surface area contributed by atoms with E-state index >= 15 is 0 Å². The summed E-state index contributed by atoms with van der Waals surface area (Å²) in [5.74, 6) is -1.01. The van der Waals surface area contributed by atoms with Gasteiger partial charge in [-0.1, -0.05) is 228 Å². The van der Waals surface area contributed by atoms with E-state index in [4.69, 9.17) is 14.2 Å². The van der Waals surface area contributed by atoms with Gasteiger partial charge in [0.2, 0.25) is 0 Å². The van der Waals surface area contributed by atoms with Crippen LogP contribution in [0.15, 0.2) is 85.1 Å². The van der Waals surface area contributed by atoms with E-state index in [9.17, 15) is 14.4 Å². The zero-order valence-corrected chi connectivity index (χ0v) is 41.8. The van der Waals surface area contributed by atoms with Crippen molar-refractivity contribution in [2.24, 2.45) is 0 Å². The van der Waals surface area contributed by atoms with Gasteiger partial charge in [0.25, 0.3) is 0 Å². The van der Waals surface area contributed by atoms with Crippen LogP contribution in [0.2, 0.25) is 0 Å². The fourth-order valence-electron chi connectivity index (χ4n) is 7.17. The van der Waals surface area contributed by atoms with Crippen LogP contribution in [-0.4, -0.2) is 37.2 Å². The molecule has 0 rings (SSSR count). The first-order valence-corrected chi connectivity index (χ1v) is 26.6. The van der Waals surface area contributed by atoms with Crippen LogP contribution >= 0.6 is 0 Å². The number of allylic oxidation sites excluding steroid dienone is 14. The number of hydrogen-bond donors (Lipinski definition) is 0. The summed E-state index contributed by atoms with van der Waals surface area (Å²) in [7, 11) is 0. The monoisotopic (exact) mass is 891 g/mol. The van der Waals surface area contributed by atoms with Crippen molar-refractivity contribution in [3.63, 3.8) is 0 Å². The molecule has 0 bridgehead atoms. The summed E-state index contributed by atoms with van der Waals surface area (Å²) >= 11 is 0. The molecular weight excluding hydrogens is 793 g/mol. The number of carbonyl (C=O) groups excluding carboxylic acids is 3. The molecule has 0 spiro atoms. The van der Waals surface area contributed by atoms with Crippen molar-refractivity contribution in [2.75, 3.05) is 13.2 Å².